The summed E-state index contributed by atoms with van der Waals surface area (Å²) < 4.78 is 0. The summed E-state index contributed by atoms with van der Waals surface area (Å²) in [6.07, 6.45) is 1.84. The topological polar surface area (TPSA) is 66.4 Å². The van der Waals surface area contributed by atoms with Crippen LogP contribution in [0, 0.1) is 28.6 Å². The van der Waals surface area contributed by atoms with E-state index in [4.69, 9.17) is 5.11 Å². The summed E-state index contributed by atoms with van der Waals surface area (Å²) in [6, 6.07) is 0. The Hall–Kier alpha value is -1.06. The summed E-state index contributed by atoms with van der Waals surface area (Å²) in [6.45, 7) is 9.66. The number of carboxylic acid groups (broad SMARTS) is 1. The maximum absolute atomic E-state index is 12.1. The number of carbonyl (C=O) groups is 2. The summed E-state index contributed by atoms with van der Waals surface area (Å²) in [5, 5.41) is 12.0. The van der Waals surface area contributed by atoms with E-state index in [1.807, 2.05) is 0 Å². The summed E-state index contributed by atoms with van der Waals surface area (Å²) in [5.74, 6) is -0.640. The number of rotatable bonds is 4. The lowest BCUT2D eigenvalue weighted by molar-refractivity contribution is -0.141. The Morgan fingerprint density at radius 3 is 2.05 bits per heavy atom. The van der Waals surface area contributed by atoms with Gasteiger partial charge in [-0.2, -0.15) is 0 Å². The first-order valence-electron chi connectivity index (χ1n) is 7.18. The minimum absolute atomic E-state index is 0.0438. The standard InChI is InChI=1S/C15H25NO3/c1-14(2)11(15(14,3)4)8-16-12(17)9-5-6-10(7-9)13(18)19/h9-11H,5-8H2,1-4H3,(H,16,17)(H,18,19)/t9-,10+/m1/s1. The zero-order chi connectivity index (χ0) is 14.4. The third-order valence-corrected chi connectivity index (χ3v) is 5.95. The Morgan fingerprint density at radius 1 is 1.11 bits per heavy atom. The lowest BCUT2D eigenvalue weighted by Gasteiger charge is -2.11. The van der Waals surface area contributed by atoms with E-state index in [0.29, 0.717) is 31.7 Å². The molecule has 2 saturated carbocycles. The zero-order valence-electron chi connectivity index (χ0n) is 12.3. The second-order valence-electron chi connectivity index (χ2n) is 7.29. The van der Waals surface area contributed by atoms with E-state index in [-0.39, 0.29) is 28.6 Å². The smallest absolute Gasteiger partial charge is 0.306 e. The van der Waals surface area contributed by atoms with Crippen molar-refractivity contribution in [3.05, 3.63) is 0 Å². The normalized spacial score (nSPS) is 32.0. The molecule has 0 heterocycles. The molecule has 2 N–H and O–H groups in total. The molecule has 4 heteroatoms. The predicted octanol–water partition coefficient (Wildman–Crippen LogP) is 2.29. The maximum Gasteiger partial charge on any atom is 0.306 e. The van der Waals surface area contributed by atoms with Gasteiger partial charge in [-0.25, -0.2) is 0 Å². The molecule has 0 radical (unpaired) electrons. The van der Waals surface area contributed by atoms with E-state index >= 15 is 0 Å². The molecule has 0 spiro atoms. The van der Waals surface area contributed by atoms with Crippen molar-refractivity contribution >= 4 is 11.9 Å². The Morgan fingerprint density at radius 2 is 1.63 bits per heavy atom. The van der Waals surface area contributed by atoms with Crippen LogP contribution in [0.2, 0.25) is 0 Å². The fourth-order valence-electron chi connectivity index (χ4n) is 3.63. The summed E-state index contributed by atoms with van der Waals surface area (Å²) >= 11 is 0. The van der Waals surface area contributed by atoms with E-state index in [2.05, 4.69) is 33.0 Å². The van der Waals surface area contributed by atoms with Gasteiger partial charge in [0.25, 0.3) is 0 Å². The van der Waals surface area contributed by atoms with Gasteiger partial charge in [-0.1, -0.05) is 27.7 Å². The van der Waals surface area contributed by atoms with Crippen molar-refractivity contribution in [1.29, 1.82) is 0 Å². The van der Waals surface area contributed by atoms with Gasteiger partial charge >= 0.3 is 5.97 Å². The molecule has 2 atom stereocenters. The minimum atomic E-state index is -0.764. The van der Waals surface area contributed by atoms with Crippen molar-refractivity contribution in [2.45, 2.75) is 47.0 Å². The first kappa shape index (κ1) is 14.4. The largest absolute Gasteiger partial charge is 0.481 e. The second kappa shape index (κ2) is 4.50. The van der Waals surface area contributed by atoms with E-state index in [0.717, 1.165) is 0 Å². The fourth-order valence-corrected chi connectivity index (χ4v) is 3.63. The van der Waals surface area contributed by atoms with Crippen LogP contribution in [0.1, 0.15) is 47.0 Å². The van der Waals surface area contributed by atoms with Crippen LogP contribution in [0.25, 0.3) is 0 Å². The molecule has 1 amide bonds. The van der Waals surface area contributed by atoms with Crippen LogP contribution in [0.5, 0.6) is 0 Å². The van der Waals surface area contributed by atoms with Gasteiger partial charge in [0.05, 0.1) is 5.92 Å². The molecule has 2 rings (SSSR count). The zero-order valence-corrected chi connectivity index (χ0v) is 12.3. The van der Waals surface area contributed by atoms with Gasteiger partial charge in [-0.3, -0.25) is 9.59 Å². The molecule has 0 aromatic carbocycles. The van der Waals surface area contributed by atoms with E-state index in [1.54, 1.807) is 0 Å². The lowest BCUT2D eigenvalue weighted by Crippen LogP contribution is -2.32. The Kier molecular flexibility index (Phi) is 3.40. The highest BCUT2D eigenvalue weighted by Crippen LogP contribution is 2.67. The second-order valence-corrected chi connectivity index (χ2v) is 7.29. The monoisotopic (exact) mass is 267 g/mol. The summed E-state index contributed by atoms with van der Waals surface area (Å²) in [4.78, 5) is 22.9. The first-order valence-corrected chi connectivity index (χ1v) is 7.18. The maximum atomic E-state index is 12.1. The van der Waals surface area contributed by atoms with Crippen molar-refractivity contribution in [3.63, 3.8) is 0 Å². The van der Waals surface area contributed by atoms with E-state index < -0.39 is 5.97 Å². The lowest BCUT2D eigenvalue weighted by atomic mass is 10.0. The van der Waals surface area contributed by atoms with E-state index in [9.17, 15) is 9.59 Å². The molecule has 0 aliphatic heterocycles. The molecular formula is C15H25NO3. The van der Waals surface area contributed by atoms with Gasteiger partial charge in [0, 0.05) is 12.5 Å². The van der Waals surface area contributed by atoms with Gasteiger partial charge in [-0.05, 0) is 36.0 Å². The van der Waals surface area contributed by atoms with Gasteiger partial charge < -0.3 is 10.4 Å². The quantitative estimate of drug-likeness (QED) is 0.821. The number of carbonyl (C=O) groups excluding carboxylic acids is 1. The number of aliphatic carboxylic acids is 1. The van der Waals surface area contributed by atoms with Gasteiger partial charge in [0.1, 0.15) is 0 Å². The van der Waals surface area contributed by atoms with Crippen LogP contribution in [0.4, 0.5) is 0 Å². The molecule has 2 fully saturated rings. The molecule has 2 aliphatic carbocycles. The molecular weight excluding hydrogens is 242 g/mol. The van der Waals surface area contributed by atoms with E-state index in [1.165, 1.54) is 0 Å². The third kappa shape index (κ3) is 2.37. The molecule has 0 saturated heterocycles. The van der Waals surface area contributed by atoms with Crippen molar-refractivity contribution in [3.8, 4) is 0 Å². The van der Waals surface area contributed by atoms with Crippen molar-refractivity contribution < 1.29 is 14.7 Å². The van der Waals surface area contributed by atoms with Crippen molar-refractivity contribution in [2.24, 2.45) is 28.6 Å². The molecule has 2 aliphatic rings. The average Bonchev–Trinajstić information content (AvgIpc) is 2.72. The highest BCUT2D eigenvalue weighted by Gasteiger charge is 2.64. The van der Waals surface area contributed by atoms with Crippen molar-refractivity contribution in [1.82, 2.24) is 5.32 Å². The molecule has 108 valence electrons. The average molecular weight is 267 g/mol. The molecule has 0 aromatic rings. The number of carboxylic acids is 1. The van der Waals surface area contributed by atoms with Gasteiger partial charge in [0.15, 0.2) is 0 Å². The number of hydrogen-bond donors (Lipinski definition) is 2. The van der Waals surface area contributed by atoms with Crippen LogP contribution >= 0.6 is 0 Å². The summed E-state index contributed by atoms with van der Waals surface area (Å²) in [7, 11) is 0. The molecule has 0 bridgehead atoms. The van der Waals surface area contributed by atoms with Crippen LogP contribution in [-0.2, 0) is 9.59 Å². The fraction of sp³-hybridized carbons (Fsp3) is 0.867. The molecule has 4 nitrogen and oxygen atoms in total. The first-order chi connectivity index (χ1) is 8.68. The molecule has 19 heavy (non-hydrogen) atoms. The Labute approximate surface area is 115 Å². The van der Waals surface area contributed by atoms with Crippen LogP contribution in [0.15, 0.2) is 0 Å². The van der Waals surface area contributed by atoms with Crippen LogP contribution in [-0.4, -0.2) is 23.5 Å². The van der Waals surface area contributed by atoms with Gasteiger partial charge in [-0.15, -0.1) is 0 Å². The highest BCUT2D eigenvalue weighted by atomic mass is 16.4. The van der Waals surface area contributed by atoms with Crippen molar-refractivity contribution in [2.75, 3.05) is 6.54 Å². The number of hydrogen-bond acceptors (Lipinski definition) is 2. The highest BCUT2D eigenvalue weighted by molar-refractivity contribution is 5.80. The predicted molar refractivity (Wildman–Crippen MR) is 72.5 cm³/mol. The third-order valence-electron chi connectivity index (χ3n) is 5.95. The number of amides is 1. The van der Waals surface area contributed by atoms with Crippen LogP contribution in [0.3, 0.4) is 0 Å². The molecule has 0 unspecified atom stereocenters. The molecule has 0 aromatic heterocycles. The summed E-state index contributed by atoms with van der Waals surface area (Å²) in [5.41, 5.74) is 0.555. The van der Waals surface area contributed by atoms with Crippen LogP contribution < -0.4 is 5.32 Å². The minimum Gasteiger partial charge on any atom is -0.481 e. The van der Waals surface area contributed by atoms with Gasteiger partial charge in [0.2, 0.25) is 5.91 Å². The Balaban J connectivity index is 1.79. The number of nitrogens with one attached hydrogen (secondary N) is 1. The Bertz CT molecular complexity index is 386. The SMILES string of the molecule is CC1(C)C(CNC(=O)[C@@H]2CC[C@H](C(=O)O)C2)C1(C)C.